The molecular weight excluding hydrogens is 188 g/mol. The van der Waals surface area contributed by atoms with Crippen molar-refractivity contribution in [2.45, 2.75) is 31.7 Å². The molecule has 1 aliphatic rings. The average Bonchev–Trinajstić information content (AvgIpc) is 2.59. The lowest BCUT2D eigenvalue weighted by atomic mass is 9.85. The quantitative estimate of drug-likeness (QED) is 0.802. The summed E-state index contributed by atoms with van der Waals surface area (Å²) in [7, 11) is 0. The summed E-state index contributed by atoms with van der Waals surface area (Å²) in [6.07, 6.45) is 5.86. The van der Waals surface area contributed by atoms with Crippen LogP contribution in [-0.4, -0.2) is 14.6 Å². The summed E-state index contributed by atoms with van der Waals surface area (Å²) in [6, 6.07) is 3.99. The van der Waals surface area contributed by atoms with Gasteiger partial charge in [0.1, 0.15) is 5.82 Å². The van der Waals surface area contributed by atoms with E-state index in [4.69, 9.17) is 5.73 Å². The van der Waals surface area contributed by atoms with E-state index in [1.165, 1.54) is 19.3 Å². The van der Waals surface area contributed by atoms with Gasteiger partial charge in [-0.05, 0) is 24.5 Å². The first-order chi connectivity index (χ1) is 7.38. The first-order valence-corrected chi connectivity index (χ1v) is 5.42. The summed E-state index contributed by atoms with van der Waals surface area (Å²) in [4.78, 5) is 0. The van der Waals surface area contributed by atoms with Crippen molar-refractivity contribution in [3.63, 3.8) is 0 Å². The molecule has 0 amide bonds. The molecule has 0 saturated heterocycles. The van der Waals surface area contributed by atoms with Crippen LogP contribution in [0.1, 0.15) is 36.6 Å². The van der Waals surface area contributed by atoms with Crippen LogP contribution in [0.15, 0.2) is 18.3 Å². The van der Waals surface area contributed by atoms with Gasteiger partial charge in [-0.25, -0.2) is 0 Å². The fraction of sp³-hybridized carbons (Fsp3) is 0.455. The van der Waals surface area contributed by atoms with Crippen molar-refractivity contribution in [2.75, 3.05) is 0 Å². The van der Waals surface area contributed by atoms with Gasteiger partial charge in [0.15, 0.2) is 5.65 Å². The van der Waals surface area contributed by atoms with Crippen molar-refractivity contribution >= 4 is 5.65 Å². The second-order valence-corrected chi connectivity index (χ2v) is 4.16. The minimum atomic E-state index is 0.568. The van der Waals surface area contributed by atoms with Gasteiger partial charge in [0, 0.05) is 18.7 Å². The second kappa shape index (κ2) is 3.31. The number of nitrogens with zero attached hydrogens (tertiary/aromatic N) is 3. The maximum atomic E-state index is 5.63. The van der Waals surface area contributed by atoms with Gasteiger partial charge in [-0.3, -0.25) is 4.40 Å². The molecule has 1 aliphatic carbocycles. The number of pyridine rings is 1. The van der Waals surface area contributed by atoms with Crippen LogP contribution in [0, 0.1) is 0 Å². The highest BCUT2D eigenvalue weighted by molar-refractivity contribution is 5.40. The summed E-state index contributed by atoms with van der Waals surface area (Å²) in [5, 5.41) is 8.43. The average molecular weight is 202 g/mol. The van der Waals surface area contributed by atoms with E-state index >= 15 is 0 Å². The van der Waals surface area contributed by atoms with E-state index in [1.807, 2.05) is 12.1 Å². The van der Waals surface area contributed by atoms with Crippen LogP contribution in [0.3, 0.4) is 0 Å². The Morgan fingerprint density at radius 2 is 2.20 bits per heavy atom. The van der Waals surface area contributed by atoms with Crippen molar-refractivity contribution < 1.29 is 0 Å². The Bertz CT molecular complexity index is 484. The molecule has 0 aromatic carbocycles. The Labute approximate surface area is 88.1 Å². The molecule has 4 nitrogen and oxygen atoms in total. The number of hydrogen-bond donors (Lipinski definition) is 1. The Hall–Kier alpha value is -1.42. The van der Waals surface area contributed by atoms with Crippen molar-refractivity contribution in [1.82, 2.24) is 14.6 Å². The molecule has 0 atom stereocenters. The first kappa shape index (κ1) is 8.85. The molecule has 4 heteroatoms. The topological polar surface area (TPSA) is 56.2 Å². The fourth-order valence-electron chi connectivity index (χ4n) is 2.02. The summed E-state index contributed by atoms with van der Waals surface area (Å²) in [6.45, 7) is 0.568. The van der Waals surface area contributed by atoms with Crippen LogP contribution in [-0.2, 0) is 6.54 Å². The van der Waals surface area contributed by atoms with Gasteiger partial charge < -0.3 is 5.73 Å². The Morgan fingerprint density at radius 1 is 1.33 bits per heavy atom. The predicted octanol–water partition coefficient (Wildman–Crippen LogP) is 1.46. The van der Waals surface area contributed by atoms with Crippen LogP contribution in [0.4, 0.5) is 0 Å². The molecule has 1 saturated carbocycles. The van der Waals surface area contributed by atoms with Gasteiger partial charge in [-0.15, -0.1) is 10.2 Å². The number of hydrogen-bond acceptors (Lipinski definition) is 3. The molecule has 2 aromatic rings. The highest BCUT2D eigenvalue weighted by Crippen LogP contribution is 2.35. The van der Waals surface area contributed by atoms with E-state index in [9.17, 15) is 0 Å². The van der Waals surface area contributed by atoms with E-state index < -0.39 is 0 Å². The predicted molar refractivity (Wildman–Crippen MR) is 57.5 cm³/mol. The molecule has 0 aliphatic heterocycles. The smallest absolute Gasteiger partial charge is 0.160 e. The standard InChI is InChI=1S/C11H14N4/c12-6-8-4-5-10-13-14-11(15(10)7-8)9-2-1-3-9/h4-5,7,9H,1-3,6,12H2. The molecule has 3 rings (SSSR count). The van der Waals surface area contributed by atoms with Crippen LogP contribution < -0.4 is 5.73 Å². The molecule has 78 valence electrons. The molecule has 0 bridgehead atoms. The van der Waals surface area contributed by atoms with Crippen LogP contribution in [0.2, 0.25) is 0 Å². The van der Waals surface area contributed by atoms with Crippen LogP contribution >= 0.6 is 0 Å². The summed E-state index contributed by atoms with van der Waals surface area (Å²) < 4.78 is 2.09. The highest BCUT2D eigenvalue weighted by Gasteiger charge is 2.24. The monoisotopic (exact) mass is 202 g/mol. The molecule has 1 fully saturated rings. The van der Waals surface area contributed by atoms with Crippen molar-refractivity contribution in [2.24, 2.45) is 5.73 Å². The Morgan fingerprint density at radius 3 is 2.87 bits per heavy atom. The number of rotatable bonds is 2. The van der Waals surface area contributed by atoms with Gasteiger partial charge >= 0.3 is 0 Å². The Kier molecular flexibility index (Phi) is 1.95. The molecule has 15 heavy (non-hydrogen) atoms. The minimum Gasteiger partial charge on any atom is -0.326 e. The largest absolute Gasteiger partial charge is 0.326 e. The number of fused-ring (bicyclic) bond motifs is 1. The SMILES string of the molecule is NCc1ccc2nnc(C3CCC3)n2c1. The Balaban J connectivity index is 2.13. The fourth-order valence-corrected chi connectivity index (χ4v) is 2.02. The molecule has 0 unspecified atom stereocenters. The van der Waals surface area contributed by atoms with Crippen LogP contribution in [0.25, 0.3) is 5.65 Å². The van der Waals surface area contributed by atoms with E-state index in [0.717, 1.165) is 17.0 Å². The van der Waals surface area contributed by atoms with E-state index in [-0.39, 0.29) is 0 Å². The van der Waals surface area contributed by atoms with Crippen molar-refractivity contribution in [3.8, 4) is 0 Å². The summed E-state index contributed by atoms with van der Waals surface area (Å²) in [5.41, 5.74) is 7.68. The zero-order valence-corrected chi connectivity index (χ0v) is 8.56. The zero-order valence-electron chi connectivity index (χ0n) is 8.56. The molecule has 2 aromatic heterocycles. The molecule has 2 N–H and O–H groups in total. The third-order valence-electron chi connectivity index (χ3n) is 3.20. The maximum Gasteiger partial charge on any atom is 0.160 e. The van der Waals surface area contributed by atoms with E-state index in [0.29, 0.717) is 12.5 Å². The van der Waals surface area contributed by atoms with Gasteiger partial charge in [0.25, 0.3) is 0 Å². The van der Waals surface area contributed by atoms with Gasteiger partial charge in [-0.2, -0.15) is 0 Å². The zero-order chi connectivity index (χ0) is 10.3. The highest BCUT2D eigenvalue weighted by atomic mass is 15.2. The van der Waals surface area contributed by atoms with Gasteiger partial charge in [0.05, 0.1) is 0 Å². The first-order valence-electron chi connectivity index (χ1n) is 5.42. The lowest BCUT2D eigenvalue weighted by Gasteiger charge is -2.23. The van der Waals surface area contributed by atoms with Gasteiger partial charge in [-0.1, -0.05) is 12.5 Å². The second-order valence-electron chi connectivity index (χ2n) is 4.16. The van der Waals surface area contributed by atoms with Crippen molar-refractivity contribution in [1.29, 1.82) is 0 Å². The van der Waals surface area contributed by atoms with Crippen molar-refractivity contribution in [3.05, 3.63) is 29.7 Å². The van der Waals surface area contributed by atoms with E-state index in [2.05, 4.69) is 20.8 Å². The summed E-state index contributed by atoms with van der Waals surface area (Å²) in [5.74, 6) is 1.71. The third kappa shape index (κ3) is 1.33. The van der Waals surface area contributed by atoms with E-state index in [1.54, 1.807) is 0 Å². The lowest BCUT2D eigenvalue weighted by Crippen LogP contribution is -2.12. The normalized spacial score (nSPS) is 16.9. The summed E-state index contributed by atoms with van der Waals surface area (Å²) >= 11 is 0. The third-order valence-corrected chi connectivity index (χ3v) is 3.20. The molecular formula is C11H14N4. The molecule has 0 radical (unpaired) electrons. The van der Waals surface area contributed by atoms with Crippen LogP contribution in [0.5, 0.6) is 0 Å². The lowest BCUT2D eigenvalue weighted by molar-refractivity contribution is 0.398. The number of nitrogens with two attached hydrogens (primary N) is 1. The molecule has 2 heterocycles. The molecule has 0 spiro atoms. The van der Waals surface area contributed by atoms with Gasteiger partial charge in [0.2, 0.25) is 0 Å². The minimum absolute atomic E-state index is 0.568. The number of aromatic nitrogens is 3. The maximum absolute atomic E-state index is 5.63.